The molecule has 1 amide bonds. The number of likely N-dealkylation sites (tertiary alicyclic amines) is 1. The number of methoxy groups -OCH3 is 1. The Balaban J connectivity index is 1.31. The molecule has 0 spiro atoms. The molecule has 0 aliphatic carbocycles. The molecule has 2 aliphatic heterocycles. The van der Waals surface area contributed by atoms with Crippen molar-refractivity contribution in [2.24, 2.45) is 0 Å². The van der Waals surface area contributed by atoms with Gasteiger partial charge in [0, 0.05) is 44.0 Å². The van der Waals surface area contributed by atoms with Crippen molar-refractivity contribution in [2.75, 3.05) is 44.8 Å². The number of fused-ring (bicyclic) bond motifs is 1. The summed E-state index contributed by atoms with van der Waals surface area (Å²) in [6, 6.07) is 3.16. The number of amides is 1. The molecule has 36 heavy (non-hydrogen) atoms. The van der Waals surface area contributed by atoms with E-state index in [4.69, 9.17) is 19.6 Å². The molecule has 0 radical (unpaired) electrons. The van der Waals surface area contributed by atoms with Crippen LogP contribution in [0.5, 0.6) is 11.6 Å². The van der Waals surface area contributed by atoms with Crippen LogP contribution in [0.15, 0.2) is 30.7 Å². The first-order valence-corrected chi connectivity index (χ1v) is 12.2. The number of hydrogen-bond acceptors (Lipinski definition) is 9. The standard InChI is InChI=1S/C24H30FN7O4/c1-35-23-18(13-16(25)14-26-23)19-3-2-7-31(19)21-6-10-32-22(29-21)20(15-27-32)36-24(34)28-17-4-8-30(9-5-17)11-12-33/h6,10,13-15,17,19,33H,2-5,7-9,11-12H2,1H3,(H,28,34)/t19-/m1/s1. The van der Waals surface area contributed by atoms with E-state index in [2.05, 4.69) is 25.2 Å². The summed E-state index contributed by atoms with van der Waals surface area (Å²) in [5, 5.41) is 16.3. The van der Waals surface area contributed by atoms with Crippen LogP contribution in [0.4, 0.5) is 15.0 Å². The zero-order valence-electron chi connectivity index (χ0n) is 20.1. The molecule has 1 atom stereocenters. The van der Waals surface area contributed by atoms with Gasteiger partial charge in [-0.15, -0.1) is 0 Å². The maximum atomic E-state index is 14.0. The first-order valence-electron chi connectivity index (χ1n) is 12.2. The molecular weight excluding hydrogens is 469 g/mol. The van der Waals surface area contributed by atoms with E-state index < -0.39 is 11.9 Å². The summed E-state index contributed by atoms with van der Waals surface area (Å²) in [5.41, 5.74) is 1.08. The van der Waals surface area contributed by atoms with Gasteiger partial charge in [0.05, 0.1) is 32.2 Å². The summed E-state index contributed by atoms with van der Waals surface area (Å²) in [5.74, 6) is 0.894. The number of nitrogens with zero attached hydrogens (tertiary/aromatic N) is 6. The predicted molar refractivity (Wildman–Crippen MR) is 129 cm³/mol. The lowest BCUT2D eigenvalue weighted by Crippen LogP contribution is -2.46. The summed E-state index contributed by atoms with van der Waals surface area (Å²) in [7, 11) is 1.52. The maximum absolute atomic E-state index is 14.0. The number of aliphatic hydroxyl groups excluding tert-OH is 1. The van der Waals surface area contributed by atoms with Gasteiger partial charge in [0.2, 0.25) is 11.5 Å². The summed E-state index contributed by atoms with van der Waals surface area (Å²) in [6.07, 6.45) is 7.11. The van der Waals surface area contributed by atoms with Crippen molar-refractivity contribution < 1.29 is 23.8 Å². The number of carbonyl (C=O) groups is 1. The molecule has 192 valence electrons. The van der Waals surface area contributed by atoms with Crippen LogP contribution in [0.1, 0.15) is 37.3 Å². The Bertz CT molecular complexity index is 1210. The van der Waals surface area contributed by atoms with Crippen LogP contribution in [-0.4, -0.2) is 81.6 Å². The van der Waals surface area contributed by atoms with Crippen LogP contribution >= 0.6 is 0 Å². The van der Waals surface area contributed by atoms with Crippen LogP contribution in [0.2, 0.25) is 0 Å². The quantitative estimate of drug-likeness (QED) is 0.504. The van der Waals surface area contributed by atoms with Crippen LogP contribution in [0, 0.1) is 5.82 Å². The van der Waals surface area contributed by atoms with Crippen molar-refractivity contribution in [1.29, 1.82) is 0 Å². The summed E-state index contributed by atoms with van der Waals surface area (Å²) in [4.78, 5) is 25.7. The first kappa shape index (κ1) is 24.2. The van der Waals surface area contributed by atoms with Crippen molar-refractivity contribution in [3.63, 3.8) is 0 Å². The zero-order chi connectivity index (χ0) is 25.1. The molecule has 0 unspecified atom stereocenters. The molecule has 3 aromatic rings. The monoisotopic (exact) mass is 499 g/mol. The van der Waals surface area contributed by atoms with Crippen LogP contribution in [0.3, 0.4) is 0 Å². The molecule has 2 aliphatic rings. The number of halogens is 1. The minimum absolute atomic E-state index is 0.0121. The number of ether oxygens (including phenoxy) is 2. The number of hydrogen-bond donors (Lipinski definition) is 2. The summed E-state index contributed by atoms with van der Waals surface area (Å²) >= 11 is 0. The second-order valence-electron chi connectivity index (χ2n) is 9.04. The largest absolute Gasteiger partial charge is 0.481 e. The van der Waals surface area contributed by atoms with Gasteiger partial charge in [-0.1, -0.05) is 0 Å². The molecular formula is C24H30FN7O4. The summed E-state index contributed by atoms with van der Waals surface area (Å²) < 4.78 is 26.5. The maximum Gasteiger partial charge on any atom is 0.413 e. The third-order valence-electron chi connectivity index (χ3n) is 6.80. The Labute approximate surface area is 207 Å². The fourth-order valence-corrected chi connectivity index (χ4v) is 5.02. The highest BCUT2D eigenvalue weighted by atomic mass is 19.1. The van der Waals surface area contributed by atoms with E-state index >= 15 is 0 Å². The average molecular weight is 500 g/mol. The number of pyridine rings is 1. The van der Waals surface area contributed by atoms with Crippen LogP contribution < -0.4 is 19.7 Å². The molecule has 2 N–H and O–H groups in total. The molecule has 2 fully saturated rings. The number of β-amino-alcohol motifs (C(OH)–C–C–N with tert-alkyl or cyclic N) is 1. The third-order valence-corrected chi connectivity index (χ3v) is 6.80. The second kappa shape index (κ2) is 10.6. The van der Waals surface area contributed by atoms with E-state index in [1.807, 2.05) is 6.07 Å². The second-order valence-corrected chi connectivity index (χ2v) is 9.04. The molecule has 2 saturated heterocycles. The highest BCUT2D eigenvalue weighted by molar-refractivity contribution is 5.73. The Hall–Kier alpha value is -3.51. The number of nitrogens with one attached hydrogen (secondary N) is 1. The highest BCUT2D eigenvalue weighted by Gasteiger charge is 2.31. The normalized spacial score (nSPS) is 19.1. The predicted octanol–water partition coefficient (Wildman–Crippen LogP) is 2.16. The zero-order valence-corrected chi connectivity index (χ0v) is 20.1. The van der Waals surface area contributed by atoms with Crippen LogP contribution in [-0.2, 0) is 0 Å². The van der Waals surface area contributed by atoms with Gasteiger partial charge in [0.15, 0.2) is 5.75 Å². The van der Waals surface area contributed by atoms with E-state index in [1.165, 1.54) is 19.4 Å². The molecule has 11 nitrogen and oxygen atoms in total. The minimum Gasteiger partial charge on any atom is -0.481 e. The minimum atomic E-state index is -0.549. The number of aromatic nitrogens is 4. The molecule has 5 rings (SSSR count). The van der Waals surface area contributed by atoms with E-state index in [9.17, 15) is 9.18 Å². The van der Waals surface area contributed by atoms with E-state index in [1.54, 1.807) is 10.7 Å². The van der Waals surface area contributed by atoms with Crippen molar-refractivity contribution in [3.05, 3.63) is 42.1 Å². The van der Waals surface area contributed by atoms with Gasteiger partial charge in [0.25, 0.3) is 0 Å². The Morgan fingerprint density at radius 2 is 2.08 bits per heavy atom. The van der Waals surface area contributed by atoms with Crippen LogP contribution in [0.25, 0.3) is 5.65 Å². The SMILES string of the molecule is COc1ncc(F)cc1[C@H]1CCCN1c1ccn2ncc(OC(=O)NC3CCN(CCO)CC3)c2n1. The molecule has 0 aromatic carbocycles. The molecule has 12 heteroatoms. The number of rotatable bonds is 7. The fourth-order valence-electron chi connectivity index (χ4n) is 5.02. The van der Waals surface area contributed by atoms with Crippen molar-refractivity contribution in [1.82, 2.24) is 29.8 Å². The van der Waals surface area contributed by atoms with Gasteiger partial charge in [0.1, 0.15) is 11.6 Å². The Morgan fingerprint density at radius 1 is 1.25 bits per heavy atom. The van der Waals surface area contributed by atoms with E-state index in [0.717, 1.165) is 51.5 Å². The Kier molecular flexibility index (Phi) is 7.14. The van der Waals surface area contributed by atoms with Crippen molar-refractivity contribution in [2.45, 2.75) is 37.8 Å². The lowest BCUT2D eigenvalue weighted by molar-refractivity contribution is 0.150. The van der Waals surface area contributed by atoms with Gasteiger partial charge >= 0.3 is 6.09 Å². The van der Waals surface area contributed by atoms with Gasteiger partial charge in [-0.2, -0.15) is 5.10 Å². The lowest BCUT2D eigenvalue weighted by atomic mass is 10.1. The molecule has 3 aromatic heterocycles. The first-order chi connectivity index (χ1) is 17.6. The van der Waals surface area contributed by atoms with E-state index in [-0.39, 0.29) is 24.4 Å². The lowest BCUT2D eigenvalue weighted by Gasteiger charge is -2.31. The molecule has 0 saturated carbocycles. The third kappa shape index (κ3) is 5.05. The van der Waals surface area contributed by atoms with Crippen molar-refractivity contribution in [3.8, 4) is 11.6 Å². The topological polar surface area (TPSA) is 117 Å². The van der Waals surface area contributed by atoms with E-state index in [0.29, 0.717) is 29.5 Å². The van der Waals surface area contributed by atoms with Crippen molar-refractivity contribution >= 4 is 17.6 Å². The fraction of sp³-hybridized carbons (Fsp3) is 0.500. The van der Waals surface area contributed by atoms with Gasteiger partial charge in [-0.25, -0.2) is 23.7 Å². The van der Waals surface area contributed by atoms with Gasteiger partial charge in [-0.05, 0) is 37.8 Å². The number of carbonyl (C=O) groups excluding carboxylic acids is 1. The average Bonchev–Trinajstić information content (AvgIpc) is 3.52. The highest BCUT2D eigenvalue weighted by Crippen LogP contribution is 2.39. The smallest absolute Gasteiger partial charge is 0.413 e. The molecule has 0 bridgehead atoms. The Morgan fingerprint density at radius 3 is 2.86 bits per heavy atom. The van der Waals surface area contributed by atoms with Gasteiger partial charge < -0.3 is 29.7 Å². The number of piperidine rings is 1. The number of anilines is 1. The van der Waals surface area contributed by atoms with Gasteiger partial charge in [-0.3, -0.25) is 0 Å². The summed E-state index contributed by atoms with van der Waals surface area (Å²) in [6.45, 7) is 3.14. The number of aliphatic hydroxyl groups is 1. The molecule has 5 heterocycles.